The van der Waals surface area contributed by atoms with Gasteiger partial charge >= 0.3 is 0 Å². The predicted molar refractivity (Wildman–Crippen MR) is 229 cm³/mol. The maximum Gasteiger partial charge on any atom is 0.0998 e. The maximum atomic E-state index is 10.1. The van der Waals surface area contributed by atoms with Crippen LogP contribution >= 0.6 is 22.7 Å². The van der Waals surface area contributed by atoms with Gasteiger partial charge in [-0.25, -0.2) is 0 Å². The molecule has 2 aromatic heterocycles. The van der Waals surface area contributed by atoms with Gasteiger partial charge in [0.2, 0.25) is 0 Å². The van der Waals surface area contributed by atoms with Crippen LogP contribution in [0.15, 0.2) is 170 Å². The van der Waals surface area contributed by atoms with Gasteiger partial charge in [0.05, 0.1) is 23.3 Å². The first-order valence-electron chi connectivity index (χ1n) is 17.8. The molecule has 54 heavy (non-hydrogen) atoms. The highest BCUT2D eigenvalue weighted by molar-refractivity contribution is 7.26. The van der Waals surface area contributed by atoms with Crippen LogP contribution in [0.5, 0.6) is 0 Å². The van der Waals surface area contributed by atoms with E-state index in [0.717, 1.165) is 50.1 Å². The van der Waals surface area contributed by atoms with Gasteiger partial charge < -0.3 is 0 Å². The average molecular weight is 721 g/mol. The van der Waals surface area contributed by atoms with Gasteiger partial charge in [-0.05, 0) is 128 Å². The van der Waals surface area contributed by atoms with Gasteiger partial charge in [-0.3, -0.25) is 0 Å². The summed E-state index contributed by atoms with van der Waals surface area (Å²) in [7, 11) is 0. The zero-order valence-corrected chi connectivity index (χ0v) is 30.5. The van der Waals surface area contributed by atoms with Gasteiger partial charge in [0.15, 0.2) is 0 Å². The third-order valence-corrected chi connectivity index (χ3v) is 12.6. The Morgan fingerprint density at radius 1 is 0.315 bits per heavy atom. The van der Waals surface area contributed by atoms with E-state index in [1.165, 1.54) is 45.9 Å². The zero-order valence-electron chi connectivity index (χ0n) is 28.9. The van der Waals surface area contributed by atoms with Crippen LogP contribution in [-0.2, 0) is 0 Å². The molecule has 0 atom stereocenters. The molecule has 0 amide bonds. The number of benzene rings is 8. The van der Waals surface area contributed by atoms with Gasteiger partial charge in [-0.2, -0.15) is 10.5 Å². The fourth-order valence-electron chi connectivity index (χ4n) is 7.81. The summed E-state index contributed by atoms with van der Waals surface area (Å²) in [6.07, 6.45) is 0. The quantitative estimate of drug-likeness (QED) is 0.178. The van der Waals surface area contributed by atoms with Crippen LogP contribution in [0.1, 0.15) is 11.1 Å². The Morgan fingerprint density at radius 2 is 0.759 bits per heavy atom. The van der Waals surface area contributed by atoms with E-state index < -0.39 is 0 Å². The Kier molecular flexibility index (Phi) is 7.67. The minimum atomic E-state index is 0.608. The summed E-state index contributed by atoms with van der Waals surface area (Å²) < 4.78 is 5.08. The molecule has 0 unspecified atom stereocenters. The fourth-order valence-corrected chi connectivity index (χ4v) is 10.1. The molecule has 10 rings (SSSR count). The first kappa shape index (κ1) is 31.9. The summed E-state index contributed by atoms with van der Waals surface area (Å²) in [5.74, 6) is 0. The Balaban J connectivity index is 1.26. The molecule has 250 valence electrons. The second kappa shape index (κ2) is 13.0. The SMILES string of the molecule is N#Cc1ccccc1-c1cc(-c2cc(-c3ccc4c(c3)sc3ccccc34)cc(-c3cccc4sc5ccccc5c34)c2)cc(-c2ccccc2C#N)c1. The van der Waals surface area contributed by atoms with E-state index in [0.29, 0.717) is 11.1 Å². The topological polar surface area (TPSA) is 47.6 Å². The lowest BCUT2D eigenvalue weighted by Crippen LogP contribution is -1.91. The molecule has 2 heterocycles. The van der Waals surface area contributed by atoms with E-state index in [4.69, 9.17) is 0 Å². The van der Waals surface area contributed by atoms with Crippen molar-refractivity contribution in [2.45, 2.75) is 0 Å². The molecule has 0 saturated heterocycles. The molecule has 0 aliphatic carbocycles. The van der Waals surface area contributed by atoms with Gasteiger partial charge in [0, 0.05) is 40.3 Å². The third kappa shape index (κ3) is 5.37. The van der Waals surface area contributed by atoms with Crippen LogP contribution in [0.3, 0.4) is 0 Å². The molecule has 4 heteroatoms. The van der Waals surface area contributed by atoms with Gasteiger partial charge in [-0.1, -0.05) is 97.1 Å². The number of thiophene rings is 2. The first-order valence-corrected chi connectivity index (χ1v) is 19.4. The van der Waals surface area contributed by atoms with Crippen molar-refractivity contribution in [2.75, 3.05) is 0 Å². The van der Waals surface area contributed by atoms with Crippen LogP contribution in [0.2, 0.25) is 0 Å². The van der Waals surface area contributed by atoms with E-state index in [1.54, 1.807) is 0 Å². The molecule has 0 spiro atoms. The molecule has 0 bridgehead atoms. The lowest BCUT2D eigenvalue weighted by Gasteiger charge is -2.16. The fraction of sp³-hybridized carbons (Fsp3) is 0. The van der Waals surface area contributed by atoms with Crippen molar-refractivity contribution in [3.05, 3.63) is 181 Å². The highest BCUT2D eigenvalue weighted by Crippen LogP contribution is 2.44. The van der Waals surface area contributed by atoms with E-state index in [9.17, 15) is 10.5 Å². The van der Waals surface area contributed by atoms with E-state index >= 15 is 0 Å². The van der Waals surface area contributed by atoms with Crippen LogP contribution in [0.25, 0.3) is 96.0 Å². The Bertz CT molecular complexity index is 3130. The molecule has 2 nitrogen and oxygen atoms in total. The van der Waals surface area contributed by atoms with Crippen LogP contribution in [-0.4, -0.2) is 0 Å². The van der Waals surface area contributed by atoms with Crippen molar-refractivity contribution >= 4 is 63.0 Å². The monoisotopic (exact) mass is 720 g/mol. The normalized spacial score (nSPS) is 11.3. The lowest BCUT2D eigenvalue weighted by atomic mass is 9.88. The van der Waals surface area contributed by atoms with Crippen molar-refractivity contribution in [1.82, 2.24) is 0 Å². The molecule has 0 aliphatic rings. The molecule has 0 saturated carbocycles. The van der Waals surface area contributed by atoms with Crippen molar-refractivity contribution in [2.24, 2.45) is 0 Å². The Morgan fingerprint density at radius 3 is 1.43 bits per heavy atom. The predicted octanol–water partition coefficient (Wildman–Crippen LogP) is 14.5. The van der Waals surface area contributed by atoms with E-state index in [1.807, 2.05) is 71.2 Å². The molecular weight excluding hydrogens is 693 g/mol. The second-order valence-corrected chi connectivity index (χ2v) is 15.7. The third-order valence-electron chi connectivity index (χ3n) is 10.3. The minimum Gasteiger partial charge on any atom is -0.192 e. The van der Waals surface area contributed by atoms with E-state index in [-0.39, 0.29) is 0 Å². The first-order chi connectivity index (χ1) is 26.6. The summed E-state index contributed by atoms with van der Waals surface area (Å²) in [6.45, 7) is 0. The number of nitrogens with zero attached hydrogens (tertiary/aromatic N) is 2. The minimum absolute atomic E-state index is 0.608. The van der Waals surface area contributed by atoms with Crippen LogP contribution in [0, 0.1) is 22.7 Å². The zero-order chi connectivity index (χ0) is 36.2. The molecule has 0 aliphatic heterocycles. The van der Waals surface area contributed by atoms with Crippen molar-refractivity contribution in [3.63, 3.8) is 0 Å². The summed E-state index contributed by atoms with van der Waals surface area (Å²) >= 11 is 3.66. The van der Waals surface area contributed by atoms with Crippen LogP contribution < -0.4 is 0 Å². The molecule has 0 fully saturated rings. The number of nitriles is 2. The van der Waals surface area contributed by atoms with E-state index in [2.05, 4.69) is 133 Å². The van der Waals surface area contributed by atoms with Crippen molar-refractivity contribution in [1.29, 1.82) is 10.5 Å². The van der Waals surface area contributed by atoms with Gasteiger partial charge in [-0.15, -0.1) is 22.7 Å². The van der Waals surface area contributed by atoms with Crippen molar-refractivity contribution < 1.29 is 0 Å². The summed E-state index contributed by atoms with van der Waals surface area (Å²) in [6, 6.07) is 64.4. The Hall–Kier alpha value is -6.82. The van der Waals surface area contributed by atoms with Crippen LogP contribution in [0.4, 0.5) is 0 Å². The van der Waals surface area contributed by atoms with Gasteiger partial charge in [0.1, 0.15) is 0 Å². The maximum absolute atomic E-state index is 10.1. The molecule has 0 radical (unpaired) electrons. The number of hydrogen-bond donors (Lipinski definition) is 0. The number of fused-ring (bicyclic) bond motifs is 6. The summed E-state index contributed by atoms with van der Waals surface area (Å²) in [5, 5.41) is 25.4. The molecule has 0 N–H and O–H groups in total. The molecular formula is C50H28N2S2. The van der Waals surface area contributed by atoms with Crippen molar-refractivity contribution in [3.8, 4) is 67.8 Å². The van der Waals surface area contributed by atoms with Gasteiger partial charge in [0.25, 0.3) is 0 Å². The number of hydrogen-bond acceptors (Lipinski definition) is 4. The molecule has 10 aromatic rings. The summed E-state index contributed by atoms with van der Waals surface area (Å²) in [4.78, 5) is 0. The largest absolute Gasteiger partial charge is 0.192 e. The smallest absolute Gasteiger partial charge is 0.0998 e. The molecule has 8 aromatic carbocycles. The number of rotatable bonds is 5. The lowest BCUT2D eigenvalue weighted by molar-refractivity contribution is 1.47. The second-order valence-electron chi connectivity index (χ2n) is 13.5. The highest BCUT2D eigenvalue weighted by Gasteiger charge is 2.17. The standard InChI is InChI=1S/C50H28N2S2/c51-29-32-10-1-3-12-40(32)37-24-36(25-38(27-37)41-13-4-2-11-33(41)30-52)35-22-34(31-20-21-44-43-14-5-7-17-46(43)54-49(44)28-31)23-39(26-35)42-16-9-19-48-50(42)45-15-6-8-18-47(45)53-48/h1-28H. The average Bonchev–Trinajstić information content (AvgIpc) is 3.81. The summed E-state index contributed by atoms with van der Waals surface area (Å²) in [5.41, 5.74) is 11.5. The Labute approximate surface area is 320 Å². The highest BCUT2D eigenvalue weighted by atomic mass is 32.1.